The van der Waals surface area contributed by atoms with Crippen LogP contribution in [0.5, 0.6) is 5.75 Å². The van der Waals surface area contributed by atoms with Gasteiger partial charge in [0.05, 0.1) is 12.6 Å². The van der Waals surface area contributed by atoms with Gasteiger partial charge in [-0.05, 0) is 37.6 Å². The minimum Gasteiger partial charge on any atom is -0.491 e. The number of rotatable bonds is 7. The number of nitrogens with one attached hydrogen (secondary N) is 2. The fraction of sp³-hybridized carbons (Fsp3) is 0.533. The third kappa shape index (κ3) is 6.25. The van der Waals surface area contributed by atoms with Crippen LogP contribution in [0.2, 0.25) is 0 Å². The van der Waals surface area contributed by atoms with Gasteiger partial charge in [0.25, 0.3) is 0 Å². The van der Waals surface area contributed by atoms with Gasteiger partial charge in [0.2, 0.25) is 5.91 Å². The summed E-state index contributed by atoms with van der Waals surface area (Å²) in [6.45, 7) is 8.46. The maximum atomic E-state index is 11.6. The second-order valence-electron chi connectivity index (χ2n) is 4.94. The van der Waals surface area contributed by atoms with Gasteiger partial charge in [-0.25, -0.2) is 0 Å². The summed E-state index contributed by atoms with van der Waals surface area (Å²) in [6, 6.07) is 7.75. The van der Waals surface area contributed by atoms with Crippen LogP contribution in [0.25, 0.3) is 0 Å². The average Bonchev–Trinajstić information content (AvgIpc) is 2.38. The molecule has 0 spiro atoms. The van der Waals surface area contributed by atoms with Crippen molar-refractivity contribution in [2.45, 2.75) is 46.3 Å². The lowest BCUT2D eigenvalue weighted by molar-refractivity contribution is -0.115. The van der Waals surface area contributed by atoms with Crippen LogP contribution in [0.1, 0.15) is 34.1 Å². The lowest BCUT2D eigenvalue weighted by Gasteiger charge is -2.13. The molecule has 0 aliphatic heterocycles. The Kier molecular flexibility index (Phi) is 6.36. The third-order valence-electron chi connectivity index (χ3n) is 2.72. The highest BCUT2D eigenvalue weighted by Gasteiger charge is 2.04. The molecule has 0 heterocycles. The zero-order valence-electron chi connectivity index (χ0n) is 12.2. The number of hydrogen-bond acceptors (Lipinski definition) is 3. The first-order chi connectivity index (χ1) is 9.01. The molecule has 0 radical (unpaired) electrons. The van der Waals surface area contributed by atoms with Gasteiger partial charge in [0, 0.05) is 11.7 Å². The Balaban J connectivity index is 2.45. The Labute approximate surface area is 115 Å². The molecule has 19 heavy (non-hydrogen) atoms. The molecule has 0 aliphatic carbocycles. The van der Waals surface area contributed by atoms with Gasteiger partial charge in [-0.15, -0.1) is 0 Å². The van der Waals surface area contributed by atoms with Gasteiger partial charge in [-0.3, -0.25) is 4.79 Å². The Hall–Kier alpha value is -1.55. The molecule has 1 unspecified atom stereocenters. The summed E-state index contributed by atoms with van der Waals surface area (Å²) in [5.41, 5.74) is 0.784. The standard InChI is InChI=1S/C15H24N2O2/c1-5-12(4)19-14-8-6-13(7-9-14)17-15(18)10-16-11(2)3/h6-9,11-12,16H,5,10H2,1-4H3,(H,17,18). The van der Waals surface area contributed by atoms with Gasteiger partial charge >= 0.3 is 0 Å². The smallest absolute Gasteiger partial charge is 0.238 e. The fourth-order valence-corrected chi connectivity index (χ4v) is 1.43. The third-order valence-corrected chi connectivity index (χ3v) is 2.72. The first kappa shape index (κ1) is 15.5. The molecule has 0 aliphatic rings. The van der Waals surface area contributed by atoms with Crippen molar-refractivity contribution in [2.75, 3.05) is 11.9 Å². The molecule has 1 amide bonds. The van der Waals surface area contributed by atoms with Crippen molar-refractivity contribution >= 4 is 11.6 Å². The van der Waals surface area contributed by atoms with Crippen molar-refractivity contribution in [2.24, 2.45) is 0 Å². The highest BCUT2D eigenvalue weighted by atomic mass is 16.5. The minimum absolute atomic E-state index is 0.0377. The normalized spacial score (nSPS) is 12.3. The van der Waals surface area contributed by atoms with Crippen LogP contribution in [0.15, 0.2) is 24.3 Å². The molecule has 1 atom stereocenters. The van der Waals surface area contributed by atoms with E-state index >= 15 is 0 Å². The predicted molar refractivity (Wildman–Crippen MR) is 78.6 cm³/mol. The molecule has 1 aromatic rings. The molecule has 0 saturated carbocycles. The molecule has 2 N–H and O–H groups in total. The molecular weight excluding hydrogens is 240 g/mol. The van der Waals surface area contributed by atoms with Crippen molar-refractivity contribution in [1.29, 1.82) is 0 Å². The van der Waals surface area contributed by atoms with Crippen LogP contribution in [-0.4, -0.2) is 24.6 Å². The van der Waals surface area contributed by atoms with E-state index in [0.717, 1.165) is 17.9 Å². The van der Waals surface area contributed by atoms with Gasteiger partial charge in [0.1, 0.15) is 5.75 Å². The number of anilines is 1. The highest BCUT2D eigenvalue weighted by Crippen LogP contribution is 2.17. The molecule has 1 aromatic carbocycles. The van der Waals surface area contributed by atoms with E-state index in [2.05, 4.69) is 17.6 Å². The van der Waals surface area contributed by atoms with Crippen LogP contribution >= 0.6 is 0 Å². The highest BCUT2D eigenvalue weighted by molar-refractivity contribution is 5.92. The van der Waals surface area contributed by atoms with E-state index in [1.807, 2.05) is 45.0 Å². The molecule has 1 rings (SSSR count). The van der Waals surface area contributed by atoms with Crippen molar-refractivity contribution in [3.05, 3.63) is 24.3 Å². The van der Waals surface area contributed by atoms with E-state index in [9.17, 15) is 4.79 Å². The van der Waals surface area contributed by atoms with Gasteiger partial charge < -0.3 is 15.4 Å². The number of benzene rings is 1. The minimum atomic E-state index is -0.0377. The Morgan fingerprint density at radius 2 is 1.84 bits per heavy atom. The molecule has 106 valence electrons. The molecule has 0 saturated heterocycles. The average molecular weight is 264 g/mol. The number of amides is 1. The van der Waals surface area contributed by atoms with E-state index in [1.165, 1.54) is 0 Å². The largest absolute Gasteiger partial charge is 0.491 e. The summed E-state index contributed by atoms with van der Waals surface area (Å²) in [7, 11) is 0. The van der Waals surface area contributed by atoms with Crippen molar-refractivity contribution in [3.8, 4) is 5.75 Å². The van der Waals surface area contributed by atoms with E-state index < -0.39 is 0 Å². The summed E-state index contributed by atoms with van der Waals surface area (Å²) in [5, 5.41) is 5.91. The van der Waals surface area contributed by atoms with Crippen LogP contribution in [-0.2, 0) is 4.79 Å². The zero-order chi connectivity index (χ0) is 14.3. The molecule has 0 fully saturated rings. The molecule has 0 aromatic heterocycles. The quantitative estimate of drug-likeness (QED) is 0.796. The first-order valence-electron chi connectivity index (χ1n) is 6.81. The van der Waals surface area contributed by atoms with Crippen LogP contribution in [0.3, 0.4) is 0 Å². The van der Waals surface area contributed by atoms with Crippen LogP contribution < -0.4 is 15.4 Å². The predicted octanol–water partition coefficient (Wildman–Crippen LogP) is 2.80. The molecule has 4 nitrogen and oxygen atoms in total. The Morgan fingerprint density at radius 1 is 1.21 bits per heavy atom. The topological polar surface area (TPSA) is 50.4 Å². The summed E-state index contributed by atoms with van der Waals surface area (Å²) in [5.74, 6) is 0.789. The van der Waals surface area contributed by atoms with Crippen LogP contribution in [0, 0.1) is 0 Å². The second kappa shape index (κ2) is 7.79. The van der Waals surface area contributed by atoms with Crippen molar-refractivity contribution in [1.82, 2.24) is 5.32 Å². The van der Waals surface area contributed by atoms with Crippen molar-refractivity contribution in [3.63, 3.8) is 0 Å². The summed E-state index contributed by atoms with van der Waals surface area (Å²) < 4.78 is 5.68. The Morgan fingerprint density at radius 3 is 2.37 bits per heavy atom. The van der Waals surface area contributed by atoms with Gasteiger partial charge in [-0.2, -0.15) is 0 Å². The Bertz CT molecular complexity index is 388. The number of carbonyl (C=O) groups excluding carboxylic acids is 1. The van der Waals surface area contributed by atoms with E-state index in [0.29, 0.717) is 12.6 Å². The lowest BCUT2D eigenvalue weighted by atomic mass is 10.2. The maximum Gasteiger partial charge on any atom is 0.238 e. The molecule has 4 heteroatoms. The zero-order valence-corrected chi connectivity index (χ0v) is 12.2. The number of ether oxygens (including phenoxy) is 1. The maximum absolute atomic E-state index is 11.6. The van der Waals surface area contributed by atoms with Gasteiger partial charge in [-0.1, -0.05) is 20.8 Å². The summed E-state index contributed by atoms with van der Waals surface area (Å²) >= 11 is 0. The summed E-state index contributed by atoms with van der Waals surface area (Å²) in [4.78, 5) is 11.6. The van der Waals surface area contributed by atoms with E-state index in [-0.39, 0.29) is 12.0 Å². The van der Waals surface area contributed by atoms with Gasteiger partial charge in [0.15, 0.2) is 0 Å². The lowest BCUT2D eigenvalue weighted by Crippen LogP contribution is -2.32. The fourth-order valence-electron chi connectivity index (χ4n) is 1.43. The van der Waals surface area contributed by atoms with E-state index in [4.69, 9.17) is 4.74 Å². The van der Waals surface area contributed by atoms with E-state index in [1.54, 1.807) is 0 Å². The number of carbonyl (C=O) groups is 1. The summed E-state index contributed by atoms with van der Waals surface area (Å²) in [6.07, 6.45) is 1.18. The SMILES string of the molecule is CCC(C)Oc1ccc(NC(=O)CNC(C)C)cc1. The second-order valence-corrected chi connectivity index (χ2v) is 4.94. The number of hydrogen-bond donors (Lipinski definition) is 2. The van der Waals surface area contributed by atoms with Crippen LogP contribution in [0.4, 0.5) is 5.69 Å². The monoisotopic (exact) mass is 264 g/mol. The molecular formula is C15H24N2O2. The van der Waals surface area contributed by atoms with Crippen molar-refractivity contribution < 1.29 is 9.53 Å². The molecule has 0 bridgehead atoms. The first-order valence-corrected chi connectivity index (χ1v) is 6.81.